The van der Waals surface area contributed by atoms with Gasteiger partial charge in [-0.1, -0.05) is 92.2 Å². The van der Waals surface area contributed by atoms with E-state index in [9.17, 15) is 0 Å². The predicted molar refractivity (Wildman–Crippen MR) is 121 cm³/mol. The fourth-order valence-corrected chi connectivity index (χ4v) is 3.73. The number of allylic oxidation sites excluding steroid dienone is 3. The fourth-order valence-electron chi connectivity index (χ4n) is 3.73. The molecule has 1 aliphatic rings. The predicted octanol–water partition coefficient (Wildman–Crippen LogP) is 7.85. The highest BCUT2D eigenvalue weighted by molar-refractivity contribution is 5.92. The van der Waals surface area contributed by atoms with Crippen LogP contribution in [0.5, 0.6) is 0 Å². The molecule has 138 valence electrons. The normalized spacial score (nSPS) is 14.0. The third-order valence-corrected chi connectivity index (χ3v) is 5.65. The van der Waals surface area contributed by atoms with E-state index in [2.05, 4.69) is 111 Å². The van der Waals surface area contributed by atoms with Crippen molar-refractivity contribution in [3.63, 3.8) is 0 Å². The van der Waals surface area contributed by atoms with Gasteiger partial charge in [-0.15, -0.1) is 5.73 Å². The molecule has 0 radical (unpaired) electrons. The zero-order chi connectivity index (χ0) is 19.5. The maximum Gasteiger partial charge on any atom is 0.0246 e. The molecule has 0 nitrogen and oxygen atoms in total. The summed E-state index contributed by atoms with van der Waals surface area (Å²) < 4.78 is 0. The van der Waals surface area contributed by atoms with Gasteiger partial charge in [-0.3, -0.25) is 0 Å². The molecule has 28 heavy (non-hydrogen) atoms. The number of aryl methyl sites for hydroxylation is 1. The average Bonchev–Trinajstić information content (AvgIpc) is 3.24. The van der Waals surface area contributed by atoms with E-state index in [1.165, 1.54) is 44.5 Å². The van der Waals surface area contributed by atoms with Crippen LogP contribution in [0.15, 0.2) is 96.3 Å². The second kappa shape index (κ2) is 7.89. The highest BCUT2D eigenvalue weighted by Crippen LogP contribution is 2.37. The van der Waals surface area contributed by atoms with Gasteiger partial charge in [0.1, 0.15) is 0 Å². The van der Waals surface area contributed by atoms with E-state index in [1.54, 1.807) is 0 Å². The molecule has 0 fully saturated rings. The van der Waals surface area contributed by atoms with Gasteiger partial charge < -0.3 is 0 Å². The van der Waals surface area contributed by atoms with Crippen molar-refractivity contribution in [2.75, 3.05) is 0 Å². The second-order valence-corrected chi connectivity index (χ2v) is 7.59. The Morgan fingerprint density at radius 3 is 1.93 bits per heavy atom. The minimum Gasteiger partial charge on any atom is -0.108 e. The number of rotatable bonds is 5. The van der Waals surface area contributed by atoms with E-state index < -0.39 is 0 Å². The summed E-state index contributed by atoms with van der Waals surface area (Å²) in [5.74, 6) is 0.542. The molecule has 0 saturated heterocycles. The van der Waals surface area contributed by atoms with Crippen LogP contribution in [0.2, 0.25) is 0 Å². The third kappa shape index (κ3) is 3.52. The Balaban J connectivity index is 1.87. The smallest absolute Gasteiger partial charge is 0.0246 e. The van der Waals surface area contributed by atoms with Crippen LogP contribution >= 0.6 is 0 Å². The lowest BCUT2D eigenvalue weighted by molar-refractivity contribution is 0.673. The monoisotopic (exact) mass is 362 g/mol. The summed E-state index contributed by atoms with van der Waals surface area (Å²) >= 11 is 0. The first-order valence-electron chi connectivity index (χ1n) is 10.1. The van der Waals surface area contributed by atoms with Crippen molar-refractivity contribution in [2.24, 2.45) is 5.92 Å². The largest absolute Gasteiger partial charge is 0.108 e. The molecular formula is C28H26. The molecule has 3 aromatic carbocycles. The van der Waals surface area contributed by atoms with Crippen molar-refractivity contribution in [1.29, 1.82) is 0 Å². The second-order valence-electron chi connectivity index (χ2n) is 7.59. The molecule has 0 spiro atoms. The standard InChI is InChI=1S/C28H26/c1-4-21(3)23-17-18-24(19-23)26-10-6-8-12-28(26)27-11-7-5-9-25(27)22-15-13-20(2)14-16-22/h5-18,21H,4H2,1-3H3. The maximum atomic E-state index is 3.66. The lowest BCUT2D eigenvalue weighted by atomic mass is 9.89. The molecular weight excluding hydrogens is 336 g/mol. The van der Waals surface area contributed by atoms with Gasteiger partial charge in [0.2, 0.25) is 0 Å². The van der Waals surface area contributed by atoms with Crippen LogP contribution in [0.3, 0.4) is 0 Å². The van der Waals surface area contributed by atoms with E-state index in [4.69, 9.17) is 0 Å². The lowest BCUT2D eigenvalue weighted by Gasteiger charge is -2.14. The van der Waals surface area contributed by atoms with E-state index in [1.807, 2.05) is 0 Å². The van der Waals surface area contributed by atoms with Crippen LogP contribution in [-0.2, 0) is 0 Å². The lowest BCUT2D eigenvalue weighted by Crippen LogP contribution is -1.91. The topological polar surface area (TPSA) is 0 Å². The van der Waals surface area contributed by atoms with Gasteiger partial charge >= 0.3 is 0 Å². The Morgan fingerprint density at radius 1 is 0.714 bits per heavy atom. The first kappa shape index (κ1) is 18.3. The Hall–Kier alpha value is -3.08. The minimum absolute atomic E-state index is 0.542. The molecule has 0 N–H and O–H groups in total. The van der Waals surface area contributed by atoms with Crippen molar-refractivity contribution < 1.29 is 0 Å². The number of hydrogen-bond donors (Lipinski definition) is 0. The SMILES string of the molecule is CCC(C)C1=C=C(c2ccccc2-c2ccccc2-c2ccc(C)cc2)C=C1. The van der Waals surface area contributed by atoms with Crippen LogP contribution < -0.4 is 0 Å². The molecule has 0 saturated carbocycles. The molecule has 1 aliphatic carbocycles. The Bertz CT molecular complexity index is 1090. The molecule has 0 heterocycles. The first-order valence-corrected chi connectivity index (χ1v) is 10.1. The molecule has 0 aromatic heterocycles. The molecule has 0 heteroatoms. The van der Waals surface area contributed by atoms with Crippen molar-refractivity contribution in [3.8, 4) is 22.3 Å². The van der Waals surface area contributed by atoms with Gasteiger partial charge in [0.15, 0.2) is 0 Å². The van der Waals surface area contributed by atoms with Crippen LogP contribution in [0.4, 0.5) is 0 Å². The third-order valence-electron chi connectivity index (χ3n) is 5.65. The first-order chi connectivity index (χ1) is 13.7. The van der Waals surface area contributed by atoms with Crippen molar-refractivity contribution >= 4 is 5.57 Å². The summed E-state index contributed by atoms with van der Waals surface area (Å²) in [5, 5.41) is 0. The average molecular weight is 363 g/mol. The Morgan fingerprint density at radius 2 is 1.29 bits per heavy atom. The fraction of sp³-hybridized carbons (Fsp3) is 0.179. The Labute approximate surface area is 168 Å². The van der Waals surface area contributed by atoms with Crippen LogP contribution in [0.1, 0.15) is 31.4 Å². The summed E-state index contributed by atoms with van der Waals surface area (Å²) in [7, 11) is 0. The van der Waals surface area contributed by atoms with Crippen molar-refractivity contribution in [1.82, 2.24) is 0 Å². The quantitative estimate of drug-likeness (QED) is 0.405. The maximum absolute atomic E-state index is 3.66. The molecule has 0 aliphatic heterocycles. The van der Waals surface area contributed by atoms with Crippen LogP contribution in [-0.4, -0.2) is 0 Å². The van der Waals surface area contributed by atoms with Gasteiger partial charge in [-0.2, -0.15) is 0 Å². The summed E-state index contributed by atoms with van der Waals surface area (Å²) in [6.45, 7) is 6.64. The zero-order valence-corrected chi connectivity index (χ0v) is 16.9. The van der Waals surface area contributed by atoms with Crippen LogP contribution in [0, 0.1) is 12.8 Å². The van der Waals surface area contributed by atoms with Gasteiger partial charge in [0.05, 0.1) is 0 Å². The van der Waals surface area contributed by atoms with Crippen molar-refractivity contribution in [2.45, 2.75) is 27.2 Å². The van der Waals surface area contributed by atoms with Gasteiger partial charge in [-0.25, -0.2) is 0 Å². The summed E-state index contributed by atoms with van der Waals surface area (Å²) in [6, 6.07) is 26.2. The van der Waals surface area contributed by atoms with E-state index in [0.29, 0.717) is 5.92 Å². The summed E-state index contributed by atoms with van der Waals surface area (Å²) in [4.78, 5) is 0. The highest BCUT2D eigenvalue weighted by Gasteiger charge is 2.15. The zero-order valence-electron chi connectivity index (χ0n) is 16.9. The Kier molecular flexibility index (Phi) is 5.15. The molecule has 4 rings (SSSR count). The molecule has 1 unspecified atom stereocenters. The minimum atomic E-state index is 0.542. The van der Waals surface area contributed by atoms with E-state index in [-0.39, 0.29) is 0 Å². The van der Waals surface area contributed by atoms with Gasteiger partial charge in [0.25, 0.3) is 0 Å². The van der Waals surface area contributed by atoms with Gasteiger partial charge in [0, 0.05) is 5.57 Å². The molecule has 0 bridgehead atoms. The molecule has 1 atom stereocenters. The number of benzene rings is 3. The molecule has 0 amide bonds. The van der Waals surface area contributed by atoms with E-state index >= 15 is 0 Å². The molecule has 3 aromatic rings. The van der Waals surface area contributed by atoms with E-state index in [0.717, 1.165) is 6.42 Å². The van der Waals surface area contributed by atoms with Gasteiger partial charge in [-0.05, 0) is 64.8 Å². The number of hydrogen-bond acceptors (Lipinski definition) is 0. The summed E-state index contributed by atoms with van der Waals surface area (Å²) in [6.07, 6.45) is 5.58. The summed E-state index contributed by atoms with van der Waals surface area (Å²) in [5.41, 5.74) is 13.7. The highest BCUT2D eigenvalue weighted by atomic mass is 14.2. The van der Waals surface area contributed by atoms with Crippen molar-refractivity contribution in [3.05, 3.63) is 107 Å². The van der Waals surface area contributed by atoms with Crippen LogP contribution in [0.25, 0.3) is 27.8 Å².